The molecule has 41 heavy (non-hydrogen) atoms. The predicted molar refractivity (Wildman–Crippen MR) is 158 cm³/mol. The van der Waals surface area contributed by atoms with E-state index in [2.05, 4.69) is 41.4 Å². The highest BCUT2D eigenvalue weighted by Crippen LogP contribution is 2.35. The molecule has 5 rings (SSSR count). The molecule has 1 N–H and O–H groups in total. The third-order valence-corrected chi connectivity index (χ3v) is 8.51. The molecule has 3 heterocycles. The third kappa shape index (κ3) is 7.33. The fourth-order valence-electron chi connectivity index (χ4n) is 6.25. The monoisotopic (exact) mass is 567 g/mol. The van der Waals surface area contributed by atoms with Crippen molar-refractivity contribution in [3.8, 4) is 11.5 Å². The van der Waals surface area contributed by atoms with Crippen LogP contribution in [0.1, 0.15) is 43.2 Å². The summed E-state index contributed by atoms with van der Waals surface area (Å²) in [5, 5.41) is 3.49. The number of anilines is 1. The first kappa shape index (κ1) is 29.6. The van der Waals surface area contributed by atoms with Gasteiger partial charge in [0.05, 0.1) is 38.2 Å². The lowest BCUT2D eigenvalue weighted by Gasteiger charge is -2.39. The van der Waals surface area contributed by atoms with Crippen LogP contribution in [-0.4, -0.2) is 95.8 Å². The number of rotatable bonds is 12. The summed E-state index contributed by atoms with van der Waals surface area (Å²) >= 11 is 0. The average molecular weight is 568 g/mol. The molecule has 3 aliphatic rings. The lowest BCUT2D eigenvalue weighted by Crippen LogP contribution is -2.51. The molecule has 9 nitrogen and oxygen atoms in total. The number of amides is 1. The lowest BCUT2D eigenvalue weighted by atomic mass is 9.85. The van der Waals surface area contributed by atoms with Crippen molar-refractivity contribution in [1.29, 1.82) is 0 Å². The Labute approximate surface area is 244 Å². The van der Waals surface area contributed by atoms with Gasteiger partial charge in [0.2, 0.25) is 5.91 Å². The molecule has 0 bridgehead atoms. The summed E-state index contributed by atoms with van der Waals surface area (Å²) in [6, 6.07) is 14.7. The van der Waals surface area contributed by atoms with Gasteiger partial charge in [0.1, 0.15) is 24.7 Å². The molecular weight excluding hydrogens is 522 g/mol. The van der Waals surface area contributed by atoms with E-state index in [1.54, 1.807) is 14.2 Å². The first-order valence-corrected chi connectivity index (χ1v) is 14.9. The van der Waals surface area contributed by atoms with Crippen molar-refractivity contribution in [2.75, 3.05) is 71.7 Å². The van der Waals surface area contributed by atoms with E-state index in [4.69, 9.17) is 23.7 Å². The molecule has 0 aromatic heterocycles. The number of ether oxygens (including phenoxy) is 5. The maximum absolute atomic E-state index is 13.0. The van der Waals surface area contributed by atoms with E-state index in [1.165, 1.54) is 0 Å². The smallest absolute Gasteiger partial charge is 0.248 e. The van der Waals surface area contributed by atoms with E-state index in [9.17, 15) is 4.79 Å². The summed E-state index contributed by atoms with van der Waals surface area (Å²) in [4.78, 5) is 17.3. The number of benzene rings is 2. The number of hydrogen-bond donors (Lipinski definition) is 1. The van der Waals surface area contributed by atoms with Crippen molar-refractivity contribution in [3.05, 3.63) is 53.6 Å². The van der Waals surface area contributed by atoms with E-state index in [1.807, 2.05) is 23.1 Å². The van der Waals surface area contributed by atoms with Crippen molar-refractivity contribution < 1.29 is 28.5 Å². The molecule has 3 aliphatic heterocycles. The fraction of sp³-hybridized carbons (Fsp3) is 0.594. The highest BCUT2D eigenvalue weighted by Gasteiger charge is 2.37. The van der Waals surface area contributed by atoms with Gasteiger partial charge in [0.25, 0.3) is 0 Å². The molecule has 1 unspecified atom stereocenters. The summed E-state index contributed by atoms with van der Waals surface area (Å²) in [6.45, 7) is 8.05. The van der Waals surface area contributed by atoms with Crippen LogP contribution >= 0.6 is 0 Å². The normalized spacial score (nSPS) is 24.2. The molecule has 9 heteroatoms. The van der Waals surface area contributed by atoms with Crippen molar-refractivity contribution in [2.45, 2.75) is 57.0 Å². The molecule has 224 valence electrons. The maximum Gasteiger partial charge on any atom is 0.248 e. The molecule has 2 fully saturated rings. The van der Waals surface area contributed by atoms with Crippen molar-refractivity contribution in [1.82, 2.24) is 10.2 Å². The molecule has 0 saturated carbocycles. The van der Waals surface area contributed by atoms with E-state index >= 15 is 0 Å². The van der Waals surface area contributed by atoms with Crippen LogP contribution in [0.4, 0.5) is 5.69 Å². The summed E-state index contributed by atoms with van der Waals surface area (Å²) < 4.78 is 29.6. The minimum atomic E-state index is -0.197. The van der Waals surface area contributed by atoms with Crippen LogP contribution in [0.2, 0.25) is 0 Å². The summed E-state index contributed by atoms with van der Waals surface area (Å²) in [5.74, 6) is 1.76. The molecule has 2 aromatic carbocycles. The summed E-state index contributed by atoms with van der Waals surface area (Å²) in [5.41, 5.74) is 3.32. The molecule has 0 radical (unpaired) electrons. The number of carbonyl (C=O) groups excluding carboxylic acids is 1. The lowest BCUT2D eigenvalue weighted by molar-refractivity contribution is -0.141. The van der Waals surface area contributed by atoms with Crippen molar-refractivity contribution in [3.63, 3.8) is 0 Å². The molecule has 1 amide bonds. The van der Waals surface area contributed by atoms with Crippen LogP contribution in [0, 0.1) is 0 Å². The Morgan fingerprint density at radius 3 is 2.59 bits per heavy atom. The van der Waals surface area contributed by atoms with Crippen molar-refractivity contribution >= 4 is 11.6 Å². The first-order chi connectivity index (χ1) is 20.1. The van der Waals surface area contributed by atoms with Gasteiger partial charge in [-0.3, -0.25) is 4.79 Å². The van der Waals surface area contributed by atoms with E-state index in [0.29, 0.717) is 26.3 Å². The third-order valence-electron chi connectivity index (χ3n) is 8.51. The molecule has 2 aromatic rings. The molecule has 0 spiro atoms. The van der Waals surface area contributed by atoms with E-state index < -0.39 is 0 Å². The number of carbonyl (C=O) groups is 1. The zero-order valence-electron chi connectivity index (χ0n) is 24.7. The minimum Gasteiger partial charge on any atom is -0.497 e. The van der Waals surface area contributed by atoms with Gasteiger partial charge in [-0.05, 0) is 61.6 Å². The van der Waals surface area contributed by atoms with Crippen molar-refractivity contribution in [2.24, 2.45) is 0 Å². The summed E-state index contributed by atoms with van der Waals surface area (Å²) in [6.07, 6.45) is 2.75. The Balaban J connectivity index is 1.29. The number of methoxy groups -OCH3 is 2. The molecular formula is C32H45N3O6. The van der Waals surface area contributed by atoms with Gasteiger partial charge in [0, 0.05) is 51.9 Å². The zero-order chi connectivity index (χ0) is 28.6. The van der Waals surface area contributed by atoms with E-state index in [0.717, 1.165) is 73.8 Å². The van der Waals surface area contributed by atoms with Gasteiger partial charge in [-0.15, -0.1) is 0 Å². The number of nitrogens with one attached hydrogen (secondary N) is 1. The minimum absolute atomic E-state index is 0.0301. The Morgan fingerprint density at radius 2 is 1.85 bits per heavy atom. The molecule has 0 aliphatic carbocycles. The second-order valence-corrected chi connectivity index (χ2v) is 11.2. The number of fused-ring (bicyclic) bond motifs is 1. The highest BCUT2D eigenvalue weighted by atomic mass is 16.5. The number of likely N-dealkylation sites (tertiary alicyclic amines) is 1. The first-order valence-electron chi connectivity index (χ1n) is 14.9. The van der Waals surface area contributed by atoms with Crippen LogP contribution < -0.4 is 19.7 Å². The van der Waals surface area contributed by atoms with Gasteiger partial charge < -0.3 is 38.8 Å². The Morgan fingerprint density at radius 1 is 1.05 bits per heavy atom. The van der Waals surface area contributed by atoms with Gasteiger partial charge in [-0.25, -0.2) is 0 Å². The van der Waals surface area contributed by atoms with Crippen LogP contribution in [0.15, 0.2) is 42.5 Å². The zero-order valence-corrected chi connectivity index (χ0v) is 24.7. The van der Waals surface area contributed by atoms with Crippen LogP contribution in [0.5, 0.6) is 11.5 Å². The standard InChI is InChI=1S/C32H45N3O6/c1-23-6-4-14-35(23)31(36)22-41-30-20-33-19-29(32(30)25-8-10-26(38-3)11-9-25)40-21-24-7-12-28-27(18-24)34(15-17-39-28)13-5-16-37-2/h7-12,18,23,29-30,32-33H,4-6,13-17,19-22H2,1-3H3/t23-,29+,30-,32?/m1/s1. The highest BCUT2D eigenvalue weighted by molar-refractivity contribution is 5.78. The van der Waals surface area contributed by atoms with Crippen LogP contribution in [-0.2, 0) is 25.6 Å². The number of nitrogens with zero attached hydrogens (tertiary/aromatic N) is 2. The second-order valence-electron chi connectivity index (χ2n) is 11.2. The van der Waals surface area contributed by atoms with Gasteiger partial charge in [-0.2, -0.15) is 0 Å². The van der Waals surface area contributed by atoms with Crippen LogP contribution in [0.3, 0.4) is 0 Å². The van der Waals surface area contributed by atoms with Gasteiger partial charge in [0.15, 0.2) is 0 Å². The number of hydrogen-bond acceptors (Lipinski definition) is 8. The fourth-order valence-corrected chi connectivity index (χ4v) is 6.25. The van der Waals surface area contributed by atoms with Gasteiger partial charge >= 0.3 is 0 Å². The SMILES string of the molecule is COCCCN1CCOc2ccc(CO[C@H]3CNC[C@@H](OCC(=O)N4CCC[C@H]4C)C3c3ccc(OC)cc3)cc21. The average Bonchev–Trinajstić information content (AvgIpc) is 3.45. The Kier molecular flexibility index (Phi) is 10.4. The Hall–Kier alpha value is -2.85. The quantitative estimate of drug-likeness (QED) is 0.390. The summed E-state index contributed by atoms with van der Waals surface area (Å²) in [7, 11) is 3.41. The predicted octanol–water partition coefficient (Wildman–Crippen LogP) is 3.60. The molecule has 2 saturated heterocycles. The second kappa shape index (κ2) is 14.4. The maximum atomic E-state index is 13.0. The largest absolute Gasteiger partial charge is 0.497 e. The Bertz CT molecular complexity index is 1130. The number of piperidine rings is 1. The topological polar surface area (TPSA) is 81.7 Å². The van der Waals surface area contributed by atoms with E-state index in [-0.39, 0.29) is 36.7 Å². The van der Waals surface area contributed by atoms with Crippen LogP contribution in [0.25, 0.3) is 0 Å². The van der Waals surface area contributed by atoms with Gasteiger partial charge in [-0.1, -0.05) is 18.2 Å². The molecule has 4 atom stereocenters.